The van der Waals surface area contributed by atoms with Crippen LogP contribution in [0.2, 0.25) is 0 Å². The second-order valence-corrected chi connectivity index (χ2v) is 18.0. The number of rotatable bonds is 6. The molecule has 0 amide bonds. The Morgan fingerprint density at radius 2 is 0.966 bits per heavy atom. The van der Waals surface area contributed by atoms with Gasteiger partial charge in [0.15, 0.2) is 0 Å². The fourth-order valence-electron chi connectivity index (χ4n) is 12.3. The summed E-state index contributed by atoms with van der Waals surface area (Å²) in [5, 5.41) is 0. The van der Waals surface area contributed by atoms with Crippen molar-refractivity contribution in [2.24, 2.45) is 11.8 Å². The highest BCUT2D eigenvalue weighted by Gasteiger charge is 2.56. The van der Waals surface area contributed by atoms with Gasteiger partial charge in [-0.3, -0.25) is 0 Å². The molecule has 2 bridgehead atoms. The number of hydrogen-bond donors (Lipinski definition) is 0. The first-order valence-electron chi connectivity index (χ1n) is 21.6. The lowest BCUT2D eigenvalue weighted by Gasteiger charge is -2.37. The minimum atomic E-state index is -0.147. The number of hydrogen-bond acceptors (Lipinski definition) is 1. The van der Waals surface area contributed by atoms with Crippen LogP contribution >= 0.6 is 0 Å². The Morgan fingerprint density at radius 3 is 1.66 bits per heavy atom. The van der Waals surface area contributed by atoms with Crippen molar-refractivity contribution in [3.05, 3.63) is 210 Å². The predicted molar refractivity (Wildman–Crippen MR) is 247 cm³/mol. The van der Waals surface area contributed by atoms with E-state index in [1.54, 1.807) is 5.56 Å². The Hall–Kier alpha value is -6.44. The minimum absolute atomic E-state index is 0.0818. The summed E-state index contributed by atoms with van der Waals surface area (Å²) in [6.45, 7) is 4.81. The van der Waals surface area contributed by atoms with Crippen molar-refractivity contribution in [3.63, 3.8) is 0 Å². The zero-order valence-corrected chi connectivity index (χ0v) is 33.8. The number of anilines is 3. The fraction of sp³-hybridized carbons (Fsp3) is 0.172. The lowest BCUT2D eigenvalue weighted by molar-refractivity contribution is 0.327. The van der Waals surface area contributed by atoms with Crippen molar-refractivity contribution in [2.45, 2.75) is 50.4 Å². The average Bonchev–Trinajstić information content (AvgIpc) is 4.04. The lowest BCUT2D eigenvalue weighted by atomic mass is 9.67. The van der Waals surface area contributed by atoms with Crippen LogP contribution in [0.3, 0.4) is 0 Å². The molecule has 1 heteroatoms. The first kappa shape index (κ1) is 34.6. The zero-order valence-electron chi connectivity index (χ0n) is 33.8. The van der Waals surface area contributed by atoms with Crippen molar-refractivity contribution in [1.29, 1.82) is 0 Å². The van der Waals surface area contributed by atoms with Crippen LogP contribution < -0.4 is 4.90 Å². The Balaban J connectivity index is 1.11. The van der Waals surface area contributed by atoms with Crippen LogP contribution in [0.5, 0.6) is 0 Å². The van der Waals surface area contributed by atoms with E-state index in [-0.39, 0.29) is 10.8 Å². The van der Waals surface area contributed by atoms with Crippen LogP contribution in [-0.2, 0) is 10.8 Å². The van der Waals surface area contributed by atoms with Crippen LogP contribution in [0.15, 0.2) is 188 Å². The maximum absolute atomic E-state index is 2.61. The van der Waals surface area contributed by atoms with Gasteiger partial charge < -0.3 is 4.90 Å². The fourth-order valence-corrected chi connectivity index (χ4v) is 12.3. The molecule has 1 nitrogen and oxygen atoms in total. The van der Waals surface area contributed by atoms with Gasteiger partial charge in [0.1, 0.15) is 0 Å². The van der Waals surface area contributed by atoms with Gasteiger partial charge in [0.25, 0.3) is 0 Å². The molecule has 0 N–H and O–H groups in total. The Morgan fingerprint density at radius 1 is 0.424 bits per heavy atom. The first-order valence-corrected chi connectivity index (χ1v) is 21.6. The summed E-state index contributed by atoms with van der Waals surface area (Å²) in [5.74, 6) is 1.50. The molecule has 4 aliphatic rings. The van der Waals surface area contributed by atoms with Crippen molar-refractivity contribution >= 4 is 17.1 Å². The third-order valence-electron chi connectivity index (χ3n) is 14.7. The molecule has 2 fully saturated rings. The quantitative estimate of drug-likeness (QED) is 0.163. The third-order valence-corrected chi connectivity index (χ3v) is 14.7. The molecule has 0 heterocycles. The van der Waals surface area contributed by atoms with E-state index in [1.807, 2.05) is 0 Å². The van der Waals surface area contributed by atoms with Crippen LogP contribution in [-0.4, -0.2) is 0 Å². The van der Waals surface area contributed by atoms with Crippen LogP contribution in [0.1, 0.15) is 61.8 Å². The monoisotopic (exact) mass is 757 g/mol. The highest BCUT2D eigenvalue weighted by Crippen LogP contribution is 2.66. The minimum Gasteiger partial charge on any atom is -0.310 e. The van der Waals surface area contributed by atoms with Gasteiger partial charge in [-0.15, -0.1) is 0 Å². The van der Waals surface area contributed by atoms with Gasteiger partial charge in [0, 0.05) is 27.8 Å². The normalized spacial score (nSPS) is 20.0. The van der Waals surface area contributed by atoms with Gasteiger partial charge >= 0.3 is 0 Å². The van der Waals surface area contributed by atoms with Crippen LogP contribution in [0, 0.1) is 11.8 Å². The molecule has 3 unspecified atom stereocenters. The summed E-state index contributed by atoms with van der Waals surface area (Å²) in [7, 11) is 0. The van der Waals surface area contributed by atoms with E-state index in [0.717, 1.165) is 11.6 Å². The highest BCUT2D eigenvalue weighted by molar-refractivity contribution is 5.97. The number of fused-ring (bicyclic) bond motifs is 11. The standard InChI is InChI=1S/C58H47N/c1-57(2)52-25-12-9-21-46(52)49-23-15-24-50(56(49)57)48-22-11-14-27-55(48)59(42-30-32-44(39-16-5-3-6-17-39)51(35-42)40-18-7-4-8-19-40)43-31-33-47-45-20-10-13-26-53(45)58(54(47)36-43)37-38-28-29-41(58)34-38/h3-27,30-33,35-36,38,41H,28-29,34,37H2,1-2H3. The second-order valence-electron chi connectivity index (χ2n) is 18.0. The predicted octanol–water partition coefficient (Wildman–Crippen LogP) is 15.6. The third kappa shape index (κ3) is 5.04. The number of nitrogens with zero attached hydrogens (tertiary/aromatic N) is 1. The molecule has 12 rings (SSSR count). The van der Waals surface area contributed by atoms with E-state index >= 15 is 0 Å². The Labute approximate surface area is 348 Å². The summed E-state index contributed by atoms with van der Waals surface area (Å²) in [6, 6.07) is 70.9. The molecule has 0 aromatic heterocycles. The maximum atomic E-state index is 2.61. The van der Waals surface area contributed by atoms with Gasteiger partial charge in [-0.05, 0) is 134 Å². The van der Waals surface area contributed by atoms with Crippen LogP contribution in [0.4, 0.5) is 17.1 Å². The van der Waals surface area contributed by atoms with Gasteiger partial charge in [-0.1, -0.05) is 178 Å². The van der Waals surface area contributed by atoms with Crippen molar-refractivity contribution in [2.75, 3.05) is 4.90 Å². The Kier molecular flexibility index (Phi) is 7.64. The molecule has 284 valence electrons. The van der Waals surface area contributed by atoms with E-state index in [4.69, 9.17) is 0 Å². The maximum Gasteiger partial charge on any atom is 0.0540 e. The molecular weight excluding hydrogens is 711 g/mol. The van der Waals surface area contributed by atoms with Gasteiger partial charge in [0.05, 0.1) is 5.69 Å². The average molecular weight is 758 g/mol. The summed E-state index contributed by atoms with van der Waals surface area (Å²) in [5.41, 5.74) is 22.4. The lowest BCUT2D eigenvalue weighted by Crippen LogP contribution is -2.32. The first-order chi connectivity index (χ1) is 29.0. The summed E-state index contributed by atoms with van der Waals surface area (Å²) in [4.78, 5) is 2.58. The van der Waals surface area contributed by atoms with E-state index in [1.165, 1.54) is 109 Å². The van der Waals surface area contributed by atoms with Gasteiger partial charge in [-0.25, -0.2) is 0 Å². The smallest absolute Gasteiger partial charge is 0.0540 e. The summed E-state index contributed by atoms with van der Waals surface area (Å²) >= 11 is 0. The van der Waals surface area contributed by atoms with E-state index < -0.39 is 0 Å². The molecule has 0 saturated heterocycles. The molecule has 4 aliphatic carbocycles. The zero-order chi connectivity index (χ0) is 39.3. The Bertz CT molecular complexity index is 2940. The highest BCUT2D eigenvalue weighted by atomic mass is 15.1. The van der Waals surface area contributed by atoms with Crippen molar-refractivity contribution in [3.8, 4) is 55.6 Å². The molecule has 0 aliphatic heterocycles. The van der Waals surface area contributed by atoms with Crippen LogP contribution in [0.25, 0.3) is 55.6 Å². The van der Waals surface area contributed by atoms with E-state index in [9.17, 15) is 0 Å². The van der Waals surface area contributed by atoms with Crippen molar-refractivity contribution < 1.29 is 0 Å². The molecule has 8 aromatic carbocycles. The van der Waals surface area contributed by atoms with Gasteiger partial charge in [0.2, 0.25) is 0 Å². The molecule has 3 atom stereocenters. The summed E-state index contributed by atoms with van der Waals surface area (Å²) in [6.07, 6.45) is 5.31. The topological polar surface area (TPSA) is 3.24 Å². The molecule has 59 heavy (non-hydrogen) atoms. The van der Waals surface area contributed by atoms with Crippen molar-refractivity contribution in [1.82, 2.24) is 0 Å². The molecule has 1 spiro atoms. The SMILES string of the molecule is CC1(C)c2ccccc2-c2cccc(-c3ccccc3N(c3ccc(-c4ccccc4)c(-c4ccccc4)c3)c3ccc4c(c3)C3(CC5CCC3C5)c3ccccc3-4)c21. The largest absolute Gasteiger partial charge is 0.310 e. The molecule has 0 radical (unpaired) electrons. The second kappa shape index (κ2) is 13.0. The molecule has 8 aromatic rings. The number of para-hydroxylation sites is 1. The summed E-state index contributed by atoms with van der Waals surface area (Å²) < 4.78 is 0. The van der Waals surface area contributed by atoms with E-state index in [2.05, 4.69) is 207 Å². The molecular formula is C58H47N. The van der Waals surface area contributed by atoms with Gasteiger partial charge in [-0.2, -0.15) is 0 Å². The number of benzene rings is 8. The van der Waals surface area contributed by atoms with E-state index in [0.29, 0.717) is 5.92 Å². The molecule has 2 saturated carbocycles.